The zero-order valence-corrected chi connectivity index (χ0v) is 15.3. The Morgan fingerprint density at radius 3 is 2.69 bits per heavy atom. The molecule has 6 nitrogen and oxygen atoms in total. The Bertz CT molecular complexity index is 1140. The number of benzene rings is 2. The lowest BCUT2D eigenvalue weighted by Crippen LogP contribution is -2.19. The van der Waals surface area contributed by atoms with E-state index in [0.29, 0.717) is 38.5 Å². The maximum atomic E-state index is 12.4. The molecule has 0 unspecified atom stereocenters. The van der Waals surface area contributed by atoms with Gasteiger partial charge in [0.05, 0.1) is 16.7 Å². The number of thioether (sulfide) groups is 1. The van der Waals surface area contributed by atoms with Gasteiger partial charge in [-0.25, -0.2) is 4.98 Å². The van der Waals surface area contributed by atoms with Gasteiger partial charge in [-0.15, -0.1) is 0 Å². The highest BCUT2D eigenvalue weighted by Crippen LogP contribution is 2.23. The van der Waals surface area contributed by atoms with E-state index in [2.05, 4.69) is 15.1 Å². The number of rotatable bonds is 4. The predicted octanol–water partition coefficient (Wildman–Crippen LogP) is 3.93. The van der Waals surface area contributed by atoms with Crippen molar-refractivity contribution in [3.05, 3.63) is 69.8 Å². The Morgan fingerprint density at radius 2 is 1.88 bits per heavy atom. The summed E-state index contributed by atoms with van der Waals surface area (Å²) in [5.74, 6) is 1.37. The molecule has 130 valence electrons. The van der Waals surface area contributed by atoms with E-state index < -0.39 is 0 Å². The number of nitrogens with zero attached hydrogens (tertiary/aromatic N) is 4. The fraction of sp³-hybridized carbons (Fsp3) is 0.111. The average molecular weight is 385 g/mol. The Labute approximate surface area is 157 Å². The Balaban J connectivity index is 1.56. The molecule has 26 heavy (non-hydrogen) atoms. The van der Waals surface area contributed by atoms with Gasteiger partial charge < -0.3 is 4.52 Å². The van der Waals surface area contributed by atoms with Gasteiger partial charge in [-0.2, -0.15) is 4.98 Å². The van der Waals surface area contributed by atoms with E-state index in [1.807, 2.05) is 30.3 Å². The van der Waals surface area contributed by atoms with E-state index in [1.54, 1.807) is 25.2 Å². The van der Waals surface area contributed by atoms with Crippen molar-refractivity contribution in [3.63, 3.8) is 0 Å². The Hall–Kier alpha value is -2.64. The van der Waals surface area contributed by atoms with Gasteiger partial charge in [-0.05, 0) is 36.4 Å². The Morgan fingerprint density at radius 1 is 1.12 bits per heavy atom. The topological polar surface area (TPSA) is 73.8 Å². The quantitative estimate of drug-likeness (QED) is 0.392. The van der Waals surface area contributed by atoms with Crippen LogP contribution in [0.5, 0.6) is 0 Å². The third-order valence-corrected chi connectivity index (χ3v) is 5.10. The van der Waals surface area contributed by atoms with Crippen molar-refractivity contribution in [1.29, 1.82) is 0 Å². The van der Waals surface area contributed by atoms with Gasteiger partial charge in [0.2, 0.25) is 11.7 Å². The molecular weight excluding hydrogens is 372 g/mol. The van der Waals surface area contributed by atoms with Crippen molar-refractivity contribution in [3.8, 4) is 11.4 Å². The molecule has 4 aromatic rings. The van der Waals surface area contributed by atoms with Crippen LogP contribution in [0.1, 0.15) is 5.89 Å². The smallest absolute Gasteiger partial charge is 0.261 e. The molecule has 0 N–H and O–H groups in total. The normalized spacial score (nSPS) is 11.2. The highest BCUT2D eigenvalue weighted by atomic mass is 35.5. The summed E-state index contributed by atoms with van der Waals surface area (Å²) in [6, 6.07) is 14.5. The van der Waals surface area contributed by atoms with Crippen LogP contribution < -0.4 is 5.56 Å². The molecule has 0 aliphatic heterocycles. The molecule has 0 spiro atoms. The summed E-state index contributed by atoms with van der Waals surface area (Å²) < 4.78 is 6.83. The van der Waals surface area contributed by atoms with Crippen molar-refractivity contribution in [2.75, 3.05) is 0 Å². The summed E-state index contributed by atoms with van der Waals surface area (Å²) >= 11 is 7.26. The molecule has 8 heteroatoms. The van der Waals surface area contributed by atoms with Crippen LogP contribution in [0, 0.1) is 0 Å². The molecule has 0 bridgehead atoms. The van der Waals surface area contributed by atoms with Crippen molar-refractivity contribution < 1.29 is 4.52 Å². The summed E-state index contributed by atoms with van der Waals surface area (Å²) in [4.78, 5) is 21.4. The number of hydrogen-bond acceptors (Lipinski definition) is 6. The second kappa shape index (κ2) is 6.93. The average Bonchev–Trinajstić information content (AvgIpc) is 3.13. The van der Waals surface area contributed by atoms with Gasteiger partial charge in [0.1, 0.15) is 0 Å². The van der Waals surface area contributed by atoms with Crippen molar-refractivity contribution in [2.45, 2.75) is 10.9 Å². The third kappa shape index (κ3) is 3.23. The summed E-state index contributed by atoms with van der Waals surface area (Å²) in [6.07, 6.45) is 0. The summed E-state index contributed by atoms with van der Waals surface area (Å²) in [7, 11) is 1.71. The van der Waals surface area contributed by atoms with Gasteiger partial charge in [0.25, 0.3) is 5.56 Å². The van der Waals surface area contributed by atoms with Crippen molar-refractivity contribution >= 4 is 34.3 Å². The van der Waals surface area contributed by atoms with Crippen LogP contribution >= 0.6 is 23.4 Å². The number of halogens is 1. The van der Waals surface area contributed by atoms with Crippen molar-refractivity contribution in [2.24, 2.45) is 7.05 Å². The molecular formula is C18H13ClN4O2S. The zero-order chi connectivity index (χ0) is 18.1. The first kappa shape index (κ1) is 16.8. The largest absolute Gasteiger partial charge is 0.338 e. The van der Waals surface area contributed by atoms with Crippen molar-refractivity contribution in [1.82, 2.24) is 19.7 Å². The van der Waals surface area contributed by atoms with Gasteiger partial charge in [0, 0.05) is 17.6 Å². The van der Waals surface area contributed by atoms with Crippen LogP contribution in [-0.4, -0.2) is 19.7 Å². The molecule has 2 aromatic heterocycles. The minimum atomic E-state index is -0.0783. The van der Waals surface area contributed by atoms with Crippen LogP contribution in [0.4, 0.5) is 0 Å². The number of aromatic nitrogens is 4. The lowest BCUT2D eigenvalue weighted by atomic mass is 10.2. The van der Waals surface area contributed by atoms with Crippen LogP contribution in [0.2, 0.25) is 5.02 Å². The second-order valence-electron chi connectivity index (χ2n) is 5.58. The lowest BCUT2D eigenvalue weighted by molar-refractivity contribution is 0.391. The monoisotopic (exact) mass is 384 g/mol. The maximum absolute atomic E-state index is 12.4. The summed E-state index contributed by atoms with van der Waals surface area (Å²) in [5, 5.41) is 5.83. The third-order valence-electron chi connectivity index (χ3n) is 3.84. The van der Waals surface area contributed by atoms with Crippen LogP contribution in [0.25, 0.3) is 22.3 Å². The minimum absolute atomic E-state index is 0.0783. The molecule has 2 heterocycles. The fourth-order valence-corrected chi connectivity index (χ4v) is 3.42. The Kier molecular flexibility index (Phi) is 4.48. The first-order chi connectivity index (χ1) is 12.6. The molecule has 4 rings (SSSR count). The van der Waals surface area contributed by atoms with Crippen LogP contribution in [0.15, 0.2) is 63.0 Å². The van der Waals surface area contributed by atoms with E-state index in [-0.39, 0.29) is 5.56 Å². The summed E-state index contributed by atoms with van der Waals surface area (Å²) in [5.41, 5.74) is 1.42. The highest BCUT2D eigenvalue weighted by Gasteiger charge is 2.12. The zero-order valence-electron chi connectivity index (χ0n) is 13.7. The highest BCUT2D eigenvalue weighted by molar-refractivity contribution is 7.98. The predicted molar refractivity (Wildman–Crippen MR) is 101 cm³/mol. The van der Waals surface area contributed by atoms with E-state index >= 15 is 0 Å². The first-order valence-electron chi connectivity index (χ1n) is 7.79. The van der Waals surface area contributed by atoms with Crippen LogP contribution in [-0.2, 0) is 12.8 Å². The van der Waals surface area contributed by atoms with Gasteiger partial charge in [-0.1, -0.05) is 40.7 Å². The fourth-order valence-electron chi connectivity index (χ4n) is 2.48. The molecule has 0 atom stereocenters. The number of para-hydroxylation sites is 1. The molecule has 0 aliphatic carbocycles. The second-order valence-corrected chi connectivity index (χ2v) is 6.96. The molecule has 0 fully saturated rings. The van der Waals surface area contributed by atoms with Gasteiger partial charge in [-0.3, -0.25) is 9.36 Å². The molecule has 2 aromatic carbocycles. The van der Waals surface area contributed by atoms with E-state index in [4.69, 9.17) is 16.1 Å². The van der Waals surface area contributed by atoms with E-state index in [1.165, 1.54) is 16.3 Å². The minimum Gasteiger partial charge on any atom is -0.338 e. The molecule has 0 saturated carbocycles. The number of fused-ring (bicyclic) bond motifs is 1. The summed E-state index contributed by atoms with van der Waals surface area (Å²) in [6.45, 7) is 0. The number of hydrogen-bond donors (Lipinski definition) is 0. The molecule has 0 amide bonds. The molecule has 0 radical (unpaired) electrons. The van der Waals surface area contributed by atoms with Gasteiger partial charge in [0.15, 0.2) is 5.16 Å². The SMILES string of the molecule is Cn1c(SCc2nc(-c3ccc(Cl)cc3)no2)nc2ccccc2c1=O. The standard InChI is InChI=1S/C18H13ClN4O2S/c1-23-17(24)13-4-2-3-5-14(13)20-18(23)26-10-15-21-16(22-25-15)11-6-8-12(19)9-7-11/h2-9H,10H2,1H3. The van der Waals surface area contributed by atoms with E-state index in [0.717, 1.165) is 5.56 Å². The maximum Gasteiger partial charge on any atom is 0.261 e. The first-order valence-corrected chi connectivity index (χ1v) is 9.15. The van der Waals surface area contributed by atoms with Gasteiger partial charge >= 0.3 is 0 Å². The molecule has 0 saturated heterocycles. The van der Waals surface area contributed by atoms with E-state index in [9.17, 15) is 4.79 Å². The molecule has 0 aliphatic rings. The lowest BCUT2D eigenvalue weighted by Gasteiger charge is -2.07. The van der Waals surface area contributed by atoms with Crippen LogP contribution in [0.3, 0.4) is 0 Å².